The summed E-state index contributed by atoms with van der Waals surface area (Å²) in [6.07, 6.45) is 1.92. The second-order valence-electron chi connectivity index (χ2n) is 7.73. The molecule has 0 aliphatic carbocycles. The number of hydrogen-bond acceptors (Lipinski definition) is 3. The third kappa shape index (κ3) is 4.71. The van der Waals surface area contributed by atoms with Crippen LogP contribution in [0.4, 0.5) is 5.69 Å². The summed E-state index contributed by atoms with van der Waals surface area (Å²) >= 11 is 0. The van der Waals surface area contributed by atoms with Crippen LogP contribution in [0.3, 0.4) is 0 Å². The normalized spacial score (nSPS) is 15.0. The molecule has 0 radical (unpaired) electrons. The fourth-order valence-electron chi connectivity index (χ4n) is 4.13. The summed E-state index contributed by atoms with van der Waals surface area (Å²) in [5, 5.41) is 0. The Balaban J connectivity index is 1.46. The second-order valence-corrected chi connectivity index (χ2v) is 7.73. The molecule has 154 valence electrons. The van der Waals surface area contributed by atoms with Gasteiger partial charge in [-0.2, -0.15) is 0 Å². The Morgan fingerprint density at radius 1 is 0.900 bits per heavy atom. The van der Waals surface area contributed by atoms with Gasteiger partial charge in [0, 0.05) is 36.9 Å². The molecule has 1 saturated heterocycles. The van der Waals surface area contributed by atoms with Crippen LogP contribution in [0.5, 0.6) is 5.75 Å². The quantitative estimate of drug-likeness (QED) is 0.583. The number of carbonyl (C=O) groups excluding carboxylic acids is 1. The Labute approximate surface area is 178 Å². The van der Waals surface area contributed by atoms with Gasteiger partial charge in [-0.25, -0.2) is 0 Å². The topological polar surface area (TPSA) is 32.8 Å². The molecule has 1 amide bonds. The zero-order valence-corrected chi connectivity index (χ0v) is 17.4. The number of nitrogens with zero attached hydrogens (tertiary/aromatic N) is 2. The molecule has 4 heteroatoms. The van der Waals surface area contributed by atoms with E-state index < -0.39 is 0 Å². The molecule has 4 nitrogen and oxygen atoms in total. The predicted molar refractivity (Wildman–Crippen MR) is 121 cm³/mol. The number of piperidine rings is 1. The van der Waals surface area contributed by atoms with E-state index in [4.69, 9.17) is 4.74 Å². The van der Waals surface area contributed by atoms with Gasteiger partial charge in [0.1, 0.15) is 5.75 Å². The number of methoxy groups -OCH3 is 1. The molecule has 0 aromatic heterocycles. The number of amides is 1. The van der Waals surface area contributed by atoms with Crippen molar-refractivity contribution in [3.8, 4) is 5.75 Å². The van der Waals surface area contributed by atoms with E-state index in [1.807, 2.05) is 77.7 Å². The lowest BCUT2D eigenvalue weighted by atomic mass is 10.00. The fraction of sp³-hybridized carbons (Fsp3) is 0.269. The third-order valence-electron chi connectivity index (χ3n) is 5.76. The number of para-hydroxylation sites is 1. The Kier molecular flexibility index (Phi) is 6.45. The van der Waals surface area contributed by atoms with Gasteiger partial charge in [-0.1, -0.05) is 48.5 Å². The molecular weight excluding hydrogens is 372 g/mol. The van der Waals surface area contributed by atoms with Crippen molar-refractivity contribution in [2.45, 2.75) is 25.4 Å². The minimum atomic E-state index is 0.0791. The second kappa shape index (κ2) is 9.59. The molecule has 1 aliphatic rings. The first-order valence-corrected chi connectivity index (χ1v) is 10.5. The van der Waals surface area contributed by atoms with E-state index in [2.05, 4.69) is 17.0 Å². The number of ether oxygens (including phenoxy) is 1. The van der Waals surface area contributed by atoms with Gasteiger partial charge < -0.3 is 9.64 Å². The van der Waals surface area contributed by atoms with Gasteiger partial charge in [-0.15, -0.1) is 0 Å². The first-order chi connectivity index (χ1) is 14.7. The zero-order chi connectivity index (χ0) is 20.8. The van der Waals surface area contributed by atoms with Crippen LogP contribution in [-0.4, -0.2) is 37.0 Å². The van der Waals surface area contributed by atoms with E-state index in [1.54, 1.807) is 7.11 Å². The maximum atomic E-state index is 13.4. The molecule has 0 saturated carbocycles. The maximum Gasteiger partial charge on any atom is 0.258 e. The number of anilines is 1. The van der Waals surface area contributed by atoms with Crippen molar-refractivity contribution >= 4 is 11.6 Å². The van der Waals surface area contributed by atoms with E-state index in [-0.39, 0.29) is 11.9 Å². The number of benzene rings is 3. The van der Waals surface area contributed by atoms with Gasteiger partial charge in [0.2, 0.25) is 0 Å². The summed E-state index contributed by atoms with van der Waals surface area (Å²) in [7, 11) is 1.69. The summed E-state index contributed by atoms with van der Waals surface area (Å²) in [4.78, 5) is 17.8. The predicted octanol–water partition coefficient (Wildman–Crippen LogP) is 5.01. The van der Waals surface area contributed by atoms with Crippen LogP contribution in [0.1, 0.15) is 28.8 Å². The van der Waals surface area contributed by atoms with Gasteiger partial charge in [0.05, 0.1) is 7.11 Å². The van der Waals surface area contributed by atoms with Crippen LogP contribution in [0, 0.1) is 0 Å². The molecule has 1 aliphatic heterocycles. The van der Waals surface area contributed by atoms with E-state index >= 15 is 0 Å². The van der Waals surface area contributed by atoms with E-state index in [0.717, 1.165) is 49.5 Å². The first-order valence-electron chi connectivity index (χ1n) is 10.5. The standard InChI is InChI=1S/C26H28N2O2/c1-30-25-14-12-21(13-15-25)20-27-18-16-24(17-19-27)28(23-10-6-3-7-11-23)26(29)22-8-4-2-5-9-22/h2-15,24H,16-20H2,1H3. The molecular formula is C26H28N2O2. The van der Waals surface area contributed by atoms with Gasteiger partial charge in [-0.3, -0.25) is 9.69 Å². The van der Waals surface area contributed by atoms with Crippen molar-refractivity contribution < 1.29 is 9.53 Å². The van der Waals surface area contributed by atoms with Crippen molar-refractivity contribution in [1.82, 2.24) is 4.90 Å². The molecule has 30 heavy (non-hydrogen) atoms. The number of rotatable bonds is 6. The lowest BCUT2D eigenvalue weighted by Gasteiger charge is -2.38. The highest BCUT2D eigenvalue weighted by Crippen LogP contribution is 2.26. The summed E-state index contributed by atoms with van der Waals surface area (Å²) in [6.45, 7) is 2.87. The molecule has 3 aromatic carbocycles. The molecule has 1 heterocycles. The highest BCUT2D eigenvalue weighted by molar-refractivity contribution is 6.06. The summed E-state index contributed by atoms with van der Waals surface area (Å²) in [5.41, 5.74) is 3.00. The van der Waals surface area contributed by atoms with Crippen LogP contribution in [0.2, 0.25) is 0 Å². The lowest BCUT2D eigenvalue weighted by Crippen LogP contribution is -2.47. The summed E-state index contributed by atoms with van der Waals surface area (Å²) in [6, 6.07) is 28.1. The van der Waals surface area contributed by atoms with Crippen molar-refractivity contribution in [3.05, 3.63) is 96.1 Å². The molecule has 0 spiro atoms. The van der Waals surface area contributed by atoms with E-state index in [0.29, 0.717) is 0 Å². The van der Waals surface area contributed by atoms with Crippen LogP contribution >= 0.6 is 0 Å². The van der Waals surface area contributed by atoms with E-state index in [1.165, 1.54) is 5.56 Å². The highest BCUT2D eigenvalue weighted by Gasteiger charge is 2.29. The minimum absolute atomic E-state index is 0.0791. The minimum Gasteiger partial charge on any atom is -0.497 e. The molecule has 3 aromatic rings. The Morgan fingerprint density at radius 2 is 1.50 bits per heavy atom. The monoisotopic (exact) mass is 400 g/mol. The Morgan fingerprint density at radius 3 is 2.10 bits per heavy atom. The smallest absolute Gasteiger partial charge is 0.258 e. The van der Waals surface area contributed by atoms with Gasteiger partial charge in [-0.05, 0) is 54.8 Å². The molecule has 1 fully saturated rings. The van der Waals surface area contributed by atoms with Crippen LogP contribution in [0.25, 0.3) is 0 Å². The van der Waals surface area contributed by atoms with Gasteiger partial charge in [0.25, 0.3) is 5.91 Å². The zero-order valence-electron chi connectivity index (χ0n) is 17.4. The van der Waals surface area contributed by atoms with Gasteiger partial charge in [0.15, 0.2) is 0 Å². The van der Waals surface area contributed by atoms with E-state index in [9.17, 15) is 4.79 Å². The average Bonchev–Trinajstić information content (AvgIpc) is 2.82. The molecule has 4 rings (SSSR count). The van der Waals surface area contributed by atoms with Crippen LogP contribution < -0.4 is 9.64 Å². The van der Waals surface area contributed by atoms with Gasteiger partial charge >= 0.3 is 0 Å². The van der Waals surface area contributed by atoms with Crippen molar-refractivity contribution in [1.29, 1.82) is 0 Å². The number of carbonyl (C=O) groups is 1. The van der Waals surface area contributed by atoms with Crippen molar-refractivity contribution in [3.63, 3.8) is 0 Å². The maximum absolute atomic E-state index is 13.4. The average molecular weight is 401 g/mol. The molecule has 0 atom stereocenters. The summed E-state index contributed by atoms with van der Waals surface area (Å²) < 4.78 is 5.25. The number of likely N-dealkylation sites (tertiary alicyclic amines) is 1. The van der Waals surface area contributed by atoms with Crippen molar-refractivity contribution in [2.75, 3.05) is 25.1 Å². The largest absolute Gasteiger partial charge is 0.497 e. The molecule has 0 N–H and O–H groups in total. The first kappa shape index (κ1) is 20.2. The van der Waals surface area contributed by atoms with Crippen LogP contribution in [-0.2, 0) is 6.54 Å². The Hall–Kier alpha value is -3.11. The Bertz CT molecular complexity index is 934. The highest BCUT2D eigenvalue weighted by atomic mass is 16.5. The fourth-order valence-corrected chi connectivity index (χ4v) is 4.13. The number of hydrogen-bond donors (Lipinski definition) is 0. The SMILES string of the molecule is COc1ccc(CN2CCC(N(C(=O)c3ccccc3)c3ccccc3)CC2)cc1. The van der Waals surface area contributed by atoms with Crippen LogP contribution in [0.15, 0.2) is 84.9 Å². The van der Waals surface area contributed by atoms with Crippen molar-refractivity contribution in [2.24, 2.45) is 0 Å². The molecule has 0 bridgehead atoms. The lowest BCUT2D eigenvalue weighted by molar-refractivity contribution is 0.0958. The molecule has 0 unspecified atom stereocenters. The summed E-state index contributed by atoms with van der Waals surface area (Å²) in [5.74, 6) is 0.964. The third-order valence-corrected chi connectivity index (χ3v) is 5.76.